The molecule has 5 heteroatoms. The molecule has 1 heterocycles. The standard InChI is InChI=1S/C10H19N3O2/c11-12-9(14)5-1-3-7-13-8-4-2-6-10(13)15/h1-8,11H2,(H,12,14). The van der Waals surface area contributed by atoms with Gasteiger partial charge in [-0.25, -0.2) is 5.84 Å². The highest BCUT2D eigenvalue weighted by atomic mass is 16.2. The number of piperidine rings is 1. The Morgan fingerprint density at radius 1 is 1.40 bits per heavy atom. The largest absolute Gasteiger partial charge is 0.343 e. The molecule has 0 aromatic rings. The molecule has 86 valence electrons. The first-order valence-corrected chi connectivity index (χ1v) is 5.51. The van der Waals surface area contributed by atoms with E-state index in [9.17, 15) is 9.59 Å². The summed E-state index contributed by atoms with van der Waals surface area (Å²) in [4.78, 5) is 24.1. The molecule has 0 atom stereocenters. The topological polar surface area (TPSA) is 75.4 Å². The van der Waals surface area contributed by atoms with Gasteiger partial charge in [-0.3, -0.25) is 15.0 Å². The van der Waals surface area contributed by atoms with E-state index in [2.05, 4.69) is 5.43 Å². The van der Waals surface area contributed by atoms with Crippen LogP contribution < -0.4 is 11.3 Å². The highest BCUT2D eigenvalue weighted by Gasteiger charge is 2.16. The van der Waals surface area contributed by atoms with Gasteiger partial charge >= 0.3 is 0 Å². The van der Waals surface area contributed by atoms with E-state index < -0.39 is 0 Å². The Kier molecular flexibility index (Phi) is 5.10. The summed E-state index contributed by atoms with van der Waals surface area (Å²) in [7, 11) is 0. The van der Waals surface area contributed by atoms with E-state index in [1.807, 2.05) is 4.90 Å². The van der Waals surface area contributed by atoms with E-state index >= 15 is 0 Å². The van der Waals surface area contributed by atoms with E-state index in [1.54, 1.807) is 0 Å². The predicted octanol–water partition coefficient (Wildman–Crippen LogP) is 0.159. The summed E-state index contributed by atoms with van der Waals surface area (Å²) in [5, 5.41) is 0. The van der Waals surface area contributed by atoms with Crippen LogP contribution in [0.25, 0.3) is 0 Å². The summed E-state index contributed by atoms with van der Waals surface area (Å²) in [5.74, 6) is 5.07. The molecule has 15 heavy (non-hydrogen) atoms. The van der Waals surface area contributed by atoms with Crippen molar-refractivity contribution in [2.75, 3.05) is 13.1 Å². The number of likely N-dealkylation sites (tertiary alicyclic amines) is 1. The zero-order chi connectivity index (χ0) is 11.1. The summed E-state index contributed by atoms with van der Waals surface area (Å²) in [6, 6.07) is 0. The van der Waals surface area contributed by atoms with Gasteiger partial charge in [0.2, 0.25) is 11.8 Å². The number of nitrogens with two attached hydrogens (primary N) is 1. The highest BCUT2D eigenvalue weighted by molar-refractivity contribution is 5.76. The maximum Gasteiger partial charge on any atom is 0.233 e. The molecular weight excluding hydrogens is 194 g/mol. The Hall–Kier alpha value is -1.10. The van der Waals surface area contributed by atoms with E-state index in [0.29, 0.717) is 12.8 Å². The van der Waals surface area contributed by atoms with Gasteiger partial charge in [-0.1, -0.05) is 0 Å². The highest BCUT2D eigenvalue weighted by Crippen LogP contribution is 2.11. The van der Waals surface area contributed by atoms with Crippen LogP contribution in [0.5, 0.6) is 0 Å². The number of carbonyl (C=O) groups excluding carboxylic acids is 2. The molecular formula is C10H19N3O2. The molecule has 0 aliphatic carbocycles. The third-order valence-corrected chi connectivity index (χ3v) is 2.66. The normalized spacial score (nSPS) is 16.6. The number of rotatable bonds is 5. The van der Waals surface area contributed by atoms with Gasteiger partial charge in [0.25, 0.3) is 0 Å². The van der Waals surface area contributed by atoms with Crippen LogP contribution >= 0.6 is 0 Å². The molecule has 5 nitrogen and oxygen atoms in total. The van der Waals surface area contributed by atoms with Crippen molar-refractivity contribution in [3.63, 3.8) is 0 Å². The first-order chi connectivity index (χ1) is 7.24. The minimum absolute atomic E-state index is 0.139. The van der Waals surface area contributed by atoms with E-state index in [4.69, 9.17) is 5.84 Å². The second kappa shape index (κ2) is 6.40. The molecule has 1 fully saturated rings. The molecule has 3 N–H and O–H groups in total. The van der Waals surface area contributed by atoms with Gasteiger partial charge in [-0.15, -0.1) is 0 Å². The van der Waals surface area contributed by atoms with Crippen molar-refractivity contribution in [2.45, 2.75) is 38.5 Å². The molecule has 1 rings (SSSR count). The number of unbranched alkanes of at least 4 members (excludes halogenated alkanes) is 1. The molecule has 1 aliphatic rings. The van der Waals surface area contributed by atoms with Gasteiger partial charge in [0, 0.05) is 25.9 Å². The molecule has 0 radical (unpaired) electrons. The number of hydrogen-bond donors (Lipinski definition) is 2. The summed E-state index contributed by atoms with van der Waals surface area (Å²) < 4.78 is 0. The number of nitrogens with one attached hydrogen (secondary N) is 1. The maximum absolute atomic E-state index is 11.4. The van der Waals surface area contributed by atoms with Crippen LogP contribution in [0.15, 0.2) is 0 Å². The van der Waals surface area contributed by atoms with Crippen LogP contribution in [0.4, 0.5) is 0 Å². The van der Waals surface area contributed by atoms with Crippen LogP contribution in [0.2, 0.25) is 0 Å². The van der Waals surface area contributed by atoms with Crippen LogP contribution in [0, 0.1) is 0 Å². The Balaban J connectivity index is 2.08. The number of carbonyl (C=O) groups is 2. The van der Waals surface area contributed by atoms with Gasteiger partial charge in [-0.2, -0.15) is 0 Å². The van der Waals surface area contributed by atoms with Crippen molar-refractivity contribution in [1.82, 2.24) is 10.3 Å². The predicted molar refractivity (Wildman–Crippen MR) is 56.6 cm³/mol. The lowest BCUT2D eigenvalue weighted by Gasteiger charge is -2.26. The SMILES string of the molecule is NNC(=O)CCCCN1CCCCC1=O. The summed E-state index contributed by atoms with van der Waals surface area (Å²) in [5.41, 5.74) is 2.09. The number of amides is 2. The fourth-order valence-electron chi connectivity index (χ4n) is 1.76. The van der Waals surface area contributed by atoms with Crippen molar-refractivity contribution in [3.05, 3.63) is 0 Å². The minimum atomic E-state index is -0.139. The summed E-state index contributed by atoms with van der Waals surface area (Å²) in [6.45, 7) is 1.65. The van der Waals surface area contributed by atoms with Crippen molar-refractivity contribution in [1.29, 1.82) is 0 Å². The van der Waals surface area contributed by atoms with Gasteiger partial charge < -0.3 is 4.90 Å². The zero-order valence-electron chi connectivity index (χ0n) is 9.00. The molecule has 0 aromatic carbocycles. The molecule has 0 unspecified atom stereocenters. The number of nitrogens with zero attached hydrogens (tertiary/aromatic N) is 1. The number of hydrogen-bond acceptors (Lipinski definition) is 3. The lowest BCUT2D eigenvalue weighted by Crippen LogP contribution is -2.36. The Bertz CT molecular complexity index is 231. The molecule has 1 saturated heterocycles. The van der Waals surface area contributed by atoms with E-state index in [-0.39, 0.29) is 11.8 Å². The third kappa shape index (κ3) is 4.29. The molecule has 0 saturated carbocycles. The zero-order valence-corrected chi connectivity index (χ0v) is 9.00. The maximum atomic E-state index is 11.4. The van der Waals surface area contributed by atoms with Crippen LogP contribution in [0.3, 0.4) is 0 Å². The Labute approximate surface area is 90.0 Å². The molecule has 2 amide bonds. The molecule has 1 aliphatic heterocycles. The molecule has 0 spiro atoms. The fourth-order valence-corrected chi connectivity index (χ4v) is 1.76. The van der Waals surface area contributed by atoms with Gasteiger partial charge in [0.05, 0.1) is 0 Å². The monoisotopic (exact) mass is 213 g/mol. The van der Waals surface area contributed by atoms with Gasteiger partial charge in [0.1, 0.15) is 0 Å². The fraction of sp³-hybridized carbons (Fsp3) is 0.800. The summed E-state index contributed by atoms with van der Waals surface area (Å²) in [6.07, 6.45) is 4.91. The third-order valence-electron chi connectivity index (χ3n) is 2.66. The lowest BCUT2D eigenvalue weighted by molar-refractivity contribution is -0.133. The first-order valence-electron chi connectivity index (χ1n) is 5.51. The van der Waals surface area contributed by atoms with E-state index in [0.717, 1.165) is 38.8 Å². The lowest BCUT2D eigenvalue weighted by atomic mass is 10.1. The van der Waals surface area contributed by atoms with Gasteiger partial charge in [-0.05, 0) is 25.7 Å². The average molecular weight is 213 g/mol. The molecule has 0 aromatic heterocycles. The second-order valence-corrected chi connectivity index (χ2v) is 3.86. The minimum Gasteiger partial charge on any atom is -0.343 e. The van der Waals surface area contributed by atoms with E-state index in [1.165, 1.54) is 0 Å². The van der Waals surface area contributed by atoms with Crippen molar-refractivity contribution < 1.29 is 9.59 Å². The first kappa shape index (κ1) is 12.0. The van der Waals surface area contributed by atoms with Crippen LogP contribution in [-0.2, 0) is 9.59 Å². The quantitative estimate of drug-likeness (QED) is 0.295. The van der Waals surface area contributed by atoms with Crippen LogP contribution in [0.1, 0.15) is 38.5 Å². The average Bonchev–Trinajstić information content (AvgIpc) is 2.26. The van der Waals surface area contributed by atoms with Gasteiger partial charge in [0.15, 0.2) is 0 Å². The Morgan fingerprint density at radius 2 is 2.20 bits per heavy atom. The smallest absolute Gasteiger partial charge is 0.233 e. The van der Waals surface area contributed by atoms with Crippen molar-refractivity contribution >= 4 is 11.8 Å². The number of hydrazine groups is 1. The van der Waals surface area contributed by atoms with Crippen molar-refractivity contribution in [2.24, 2.45) is 5.84 Å². The Morgan fingerprint density at radius 3 is 2.87 bits per heavy atom. The second-order valence-electron chi connectivity index (χ2n) is 3.86. The summed E-state index contributed by atoms with van der Waals surface area (Å²) >= 11 is 0. The van der Waals surface area contributed by atoms with Crippen molar-refractivity contribution in [3.8, 4) is 0 Å². The molecule has 0 bridgehead atoms. The van der Waals surface area contributed by atoms with Crippen LogP contribution in [-0.4, -0.2) is 29.8 Å².